The number of aromatic nitrogens is 3. The van der Waals surface area contributed by atoms with Gasteiger partial charge in [0.15, 0.2) is 0 Å². The first-order valence-electron chi connectivity index (χ1n) is 8.97. The van der Waals surface area contributed by atoms with Crippen molar-refractivity contribution in [2.45, 2.75) is 44.8 Å². The Morgan fingerprint density at radius 2 is 2.21 bits per heavy atom. The van der Waals surface area contributed by atoms with Crippen LogP contribution in [0.2, 0.25) is 0 Å². The predicted molar refractivity (Wildman–Crippen MR) is 94.1 cm³/mol. The van der Waals surface area contributed by atoms with Crippen molar-refractivity contribution in [3.63, 3.8) is 0 Å². The number of hydrogen-bond acceptors (Lipinski definition) is 4. The molecule has 2 fully saturated rings. The van der Waals surface area contributed by atoms with Crippen LogP contribution < -0.4 is 4.90 Å². The van der Waals surface area contributed by atoms with E-state index in [0.29, 0.717) is 11.5 Å². The Bertz CT molecular complexity index is 655. The summed E-state index contributed by atoms with van der Waals surface area (Å²) in [6, 6.07) is 4.36. The van der Waals surface area contributed by atoms with Gasteiger partial charge in [0, 0.05) is 50.7 Å². The fourth-order valence-corrected chi connectivity index (χ4v) is 4.59. The van der Waals surface area contributed by atoms with Crippen LogP contribution in [-0.4, -0.2) is 40.8 Å². The molecule has 0 aromatic carbocycles. The lowest BCUT2D eigenvalue weighted by Gasteiger charge is -2.44. The van der Waals surface area contributed by atoms with Gasteiger partial charge in [0.25, 0.3) is 0 Å². The molecule has 5 heteroatoms. The summed E-state index contributed by atoms with van der Waals surface area (Å²) in [6.07, 6.45) is 14.4. The van der Waals surface area contributed by atoms with Gasteiger partial charge >= 0.3 is 0 Å². The van der Waals surface area contributed by atoms with Crippen molar-refractivity contribution in [3.05, 3.63) is 42.6 Å². The van der Waals surface area contributed by atoms with Crippen molar-refractivity contribution in [3.8, 4) is 0 Å². The maximum Gasteiger partial charge on any atom is 0.128 e. The van der Waals surface area contributed by atoms with Crippen molar-refractivity contribution in [2.75, 3.05) is 25.1 Å². The fourth-order valence-electron chi connectivity index (χ4n) is 4.59. The molecule has 128 valence electrons. The topological polar surface area (TPSA) is 43.2 Å². The van der Waals surface area contributed by atoms with Crippen LogP contribution in [0, 0.1) is 5.41 Å². The van der Waals surface area contributed by atoms with Crippen LogP contribution >= 0.6 is 0 Å². The van der Waals surface area contributed by atoms with E-state index in [1.165, 1.54) is 37.7 Å². The standard InChI is InChI=1S/C19H26N4O/c1-24-17-4-2-7-19(17)8-3-10-23(14-19)18-6-5-16(12-21-18)13-22-11-9-20-15-22/h5-6,9,11-12,15,17H,2-4,7-8,10,13-14H2,1H3/t17-,19+/m1/s1. The van der Waals surface area contributed by atoms with E-state index < -0.39 is 0 Å². The lowest BCUT2D eigenvalue weighted by Crippen LogP contribution is -2.48. The van der Waals surface area contributed by atoms with Gasteiger partial charge in [-0.15, -0.1) is 0 Å². The average molecular weight is 326 g/mol. The van der Waals surface area contributed by atoms with Gasteiger partial charge in [0.1, 0.15) is 5.82 Å². The van der Waals surface area contributed by atoms with Crippen LogP contribution in [0.1, 0.15) is 37.7 Å². The molecule has 2 aromatic heterocycles. The molecule has 1 spiro atoms. The van der Waals surface area contributed by atoms with Crippen molar-refractivity contribution in [1.29, 1.82) is 0 Å². The molecule has 0 amide bonds. The van der Waals surface area contributed by atoms with Crippen LogP contribution in [0.5, 0.6) is 0 Å². The van der Waals surface area contributed by atoms with E-state index >= 15 is 0 Å². The molecule has 5 nitrogen and oxygen atoms in total. The summed E-state index contributed by atoms with van der Waals surface area (Å²) >= 11 is 0. The van der Waals surface area contributed by atoms with Crippen molar-refractivity contribution in [2.24, 2.45) is 5.41 Å². The number of methoxy groups -OCH3 is 1. The van der Waals surface area contributed by atoms with E-state index in [2.05, 4.69) is 26.6 Å². The zero-order valence-corrected chi connectivity index (χ0v) is 14.4. The molecule has 2 aliphatic rings. The average Bonchev–Trinajstić information content (AvgIpc) is 3.25. The Morgan fingerprint density at radius 1 is 1.29 bits per heavy atom. The van der Waals surface area contributed by atoms with E-state index in [1.54, 1.807) is 0 Å². The Hall–Kier alpha value is -1.88. The third-order valence-corrected chi connectivity index (χ3v) is 5.77. The number of imidazole rings is 1. The minimum atomic E-state index is 0.337. The molecule has 0 unspecified atom stereocenters. The molecule has 2 atom stereocenters. The van der Waals surface area contributed by atoms with Gasteiger partial charge < -0.3 is 14.2 Å². The number of nitrogens with zero attached hydrogens (tertiary/aromatic N) is 4. The molecule has 1 saturated heterocycles. The lowest BCUT2D eigenvalue weighted by atomic mass is 9.76. The highest BCUT2D eigenvalue weighted by atomic mass is 16.5. The van der Waals surface area contributed by atoms with E-state index in [9.17, 15) is 0 Å². The number of piperidine rings is 1. The van der Waals surface area contributed by atoms with Gasteiger partial charge in [0.2, 0.25) is 0 Å². The van der Waals surface area contributed by atoms with Crippen molar-refractivity contribution < 1.29 is 4.74 Å². The van der Waals surface area contributed by atoms with Crippen LogP contribution in [0.25, 0.3) is 0 Å². The second kappa shape index (κ2) is 6.55. The second-order valence-corrected chi connectivity index (χ2v) is 7.26. The molecule has 0 bridgehead atoms. The third kappa shape index (κ3) is 2.93. The summed E-state index contributed by atoms with van der Waals surface area (Å²) in [5, 5.41) is 0. The van der Waals surface area contributed by atoms with Crippen LogP contribution in [0.15, 0.2) is 37.1 Å². The smallest absolute Gasteiger partial charge is 0.128 e. The highest BCUT2D eigenvalue weighted by molar-refractivity contribution is 5.40. The van der Waals surface area contributed by atoms with E-state index in [0.717, 1.165) is 25.5 Å². The first-order chi connectivity index (χ1) is 11.8. The van der Waals surface area contributed by atoms with Gasteiger partial charge in [-0.1, -0.05) is 12.5 Å². The highest BCUT2D eigenvalue weighted by Gasteiger charge is 2.45. The zero-order chi connectivity index (χ0) is 16.4. The molecular weight excluding hydrogens is 300 g/mol. The Morgan fingerprint density at radius 3 is 2.96 bits per heavy atom. The van der Waals surface area contributed by atoms with Gasteiger partial charge in [-0.25, -0.2) is 9.97 Å². The van der Waals surface area contributed by atoms with Gasteiger partial charge in [-0.2, -0.15) is 0 Å². The monoisotopic (exact) mass is 326 g/mol. The first kappa shape index (κ1) is 15.6. The van der Waals surface area contributed by atoms with E-state index in [4.69, 9.17) is 9.72 Å². The molecule has 24 heavy (non-hydrogen) atoms. The van der Waals surface area contributed by atoms with E-state index in [-0.39, 0.29) is 0 Å². The number of rotatable bonds is 4. The maximum atomic E-state index is 5.81. The molecule has 2 aromatic rings. The molecule has 0 radical (unpaired) electrons. The quantitative estimate of drug-likeness (QED) is 0.866. The van der Waals surface area contributed by atoms with Gasteiger partial charge in [-0.05, 0) is 37.3 Å². The molecule has 0 N–H and O–H groups in total. The zero-order valence-electron chi connectivity index (χ0n) is 14.4. The maximum absolute atomic E-state index is 5.81. The number of anilines is 1. The number of ether oxygens (including phenoxy) is 1. The molecule has 1 aliphatic heterocycles. The summed E-state index contributed by atoms with van der Waals surface area (Å²) < 4.78 is 7.87. The third-order valence-electron chi connectivity index (χ3n) is 5.77. The normalized spacial score (nSPS) is 27.0. The Balaban J connectivity index is 1.47. The fraction of sp³-hybridized carbons (Fsp3) is 0.579. The minimum absolute atomic E-state index is 0.337. The predicted octanol–water partition coefficient (Wildman–Crippen LogP) is 3.11. The van der Waals surface area contributed by atoms with E-state index in [1.807, 2.05) is 32.0 Å². The SMILES string of the molecule is CO[C@@H]1CCC[C@@]12CCCN(c1ccc(Cn3ccnc3)cn1)C2. The molecule has 1 saturated carbocycles. The number of pyridine rings is 1. The summed E-state index contributed by atoms with van der Waals surface area (Å²) in [4.78, 5) is 11.3. The summed E-state index contributed by atoms with van der Waals surface area (Å²) in [6.45, 7) is 3.01. The van der Waals surface area contributed by atoms with Crippen LogP contribution in [0.4, 0.5) is 5.82 Å². The summed E-state index contributed by atoms with van der Waals surface area (Å²) in [5.41, 5.74) is 1.54. The van der Waals surface area contributed by atoms with Gasteiger partial charge in [0.05, 0.1) is 12.4 Å². The van der Waals surface area contributed by atoms with Crippen molar-refractivity contribution in [1.82, 2.24) is 14.5 Å². The molecular formula is C19H26N4O. The second-order valence-electron chi connectivity index (χ2n) is 7.26. The molecule has 4 rings (SSSR count). The minimum Gasteiger partial charge on any atom is -0.381 e. The van der Waals surface area contributed by atoms with Crippen molar-refractivity contribution >= 4 is 5.82 Å². The lowest BCUT2D eigenvalue weighted by molar-refractivity contribution is 0.00216. The Labute approximate surface area is 143 Å². The summed E-state index contributed by atoms with van der Waals surface area (Å²) in [7, 11) is 1.87. The first-order valence-corrected chi connectivity index (χ1v) is 8.97. The molecule has 3 heterocycles. The molecule has 1 aliphatic carbocycles. The number of hydrogen-bond donors (Lipinski definition) is 0. The van der Waals surface area contributed by atoms with Crippen LogP contribution in [0.3, 0.4) is 0 Å². The Kier molecular flexibility index (Phi) is 4.27. The van der Waals surface area contributed by atoms with Crippen LogP contribution in [-0.2, 0) is 11.3 Å². The van der Waals surface area contributed by atoms with Gasteiger partial charge in [-0.3, -0.25) is 0 Å². The summed E-state index contributed by atoms with van der Waals surface area (Å²) in [5.74, 6) is 1.10. The highest BCUT2D eigenvalue weighted by Crippen LogP contribution is 2.46. The largest absolute Gasteiger partial charge is 0.381 e.